The van der Waals surface area contributed by atoms with Crippen molar-refractivity contribution < 1.29 is 4.74 Å². The number of benzene rings is 1. The van der Waals surface area contributed by atoms with Crippen LogP contribution in [0.15, 0.2) is 53.8 Å². The Morgan fingerprint density at radius 1 is 1.15 bits per heavy atom. The molecule has 0 spiro atoms. The molecule has 1 aromatic heterocycles. The smallest absolute Gasteiger partial charge is 0.191 e. The standard InChI is InChI=1S/C19H29N5O.HI/c1-20-19(21-9-12-24-10-4-5-11-24)22-16-17-7-6-8-18(15-17)25-14-13-23(2)3;/h4-8,10-11,15H,9,12-14,16H2,1-3H3,(H2,20,21,22);1H. The minimum absolute atomic E-state index is 0. The van der Waals surface area contributed by atoms with Crippen molar-refractivity contribution in [2.45, 2.75) is 13.1 Å². The van der Waals surface area contributed by atoms with Crippen molar-refractivity contribution in [1.29, 1.82) is 0 Å². The van der Waals surface area contributed by atoms with Gasteiger partial charge in [0.1, 0.15) is 12.4 Å². The van der Waals surface area contributed by atoms with Crippen LogP contribution in [0.2, 0.25) is 0 Å². The van der Waals surface area contributed by atoms with E-state index in [2.05, 4.69) is 49.6 Å². The first kappa shape index (κ1) is 22.3. The summed E-state index contributed by atoms with van der Waals surface area (Å²) in [5.74, 6) is 1.70. The second-order valence-electron chi connectivity index (χ2n) is 6.07. The van der Waals surface area contributed by atoms with Crippen molar-refractivity contribution in [3.8, 4) is 5.75 Å². The van der Waals surface area contributed by atoms with Crippen LogP contribution in [0.1, 0.15) is 5.56 Å². The number of rotatable bonds is 9. The second-order valence-corrected chi connectivity index (χ2v) is 6.07. The Morgan fingerprint density at radius 2 is 1.92 bits per heavy atom. The molecular formula is C19H30IN5O. The van der Waals surface area contributed by atoms with E-state index in [9.17, 15) is 0 Å². The normalized spacial score (nSPS) is 11.2. The Bertz CT molecular complexity index is 643. The lowest BCUT2D eigenvalue weighted by molar-refractivity contribution is 0.261. The molecule has 0 fully saturated rings. The van der Waals surface area contributed by atoms with E-state index in [1.165, 1.54) is 0 Å². The van der Waals surface area contributed by atoms with Gasteiger partial charge in [-0.25, -0.2) is 0 Å². The van der Waals surface area contributed by atoms with E-state index in [4.69, 9.17) is 4.74 Å². The highest BCUT2D eigenvalue weighted by atomic mass is 127. The van der Waals surface area contributed by atoms with Gasteiger partial charge >= 0.3 is 0 Å². The van der Waals surface area contributed by atoms with Gasteiger partial charge in [0.2, 0.25) is 0 Å². The van der Waals surface area contributed by atoms with Gasteiger partial charge in [0.05, 0.1) is 0 Å². The average Bonchev–Trinajstić information content (AvgIpc) is 3.11. The van der Waals surface area contributed by atoms with Gasteiger partial charge in [-0.05, 0) is 43.9 Å². The topological polar surface area (TPSA) is 53.8 Å². The molecule has 2 N–H and O–H groups in total. The molecule has 1 aromatic carbocycles. The number of likely N-dealkylation sites (N-methyl/N-ethyl adjacent to an activating group) is 1. The number of halogens is 1. The third-order valence-electron chi connectivity index (χ3n) is 3.72. The summed E-state index contributed by atoms with van der Waals surface area (Å²) in [5, 5.41) is 6.65. The molecule has 26 heavy (non-hydrogen) atoms. The molecule has 6 nitrogen and oxygen atoms in total. The van der Waals surface area contributed by atoms with Crippen molar-refractivity contribution in [3.63, 3.8) is 0 Å². The van der Waals surface area contributed by atoms with Gasteiger partial charge in [0.15, 0.2) is 5.96 Å². The summed E-state index contributed by atoms with van der Waals surface area (Å²) in [4.78, 5) is 6.37. The Balaban J connectivity index is 0.00000338. The van der Waals surface area contributed by atoms with Gasteiger partial charge in [-0.1, -0.05) is 12.1 Å². The molecule has 0 unspecified atom stereocenters. The minimum Gasteiger partial charge on any atom is -0.492 e. The zero-order chi connectivity index (χ0) is 17.9. The van der Waals surface area contributed by atoms with E-state index in [1.54, 1.807) is 7.05 Å². The second kappa shape index (κ2) is 12.6. The summed E-state index contributed by atoms with van der Waals surface area (Å²) in [6.45, 7) is 4.02. The third kappa shape index (κ3) is 8.57. The SMILES string of the molecule is CN=C(NCCn1cccc1)NCc1cccc(OCCN(C)C)c1.I. The first-order valence-corrected chi connectivity index (χ1v) is 8.59. The number of hydrogen-bond donors (Lipinski definition) is 2. The molecule has 144 valence electrons. The Kier molecular flexibility index (Phi) is 10.8. The molecule has 0 bridgehead atoms. The van der Waals surface area contributed by atoms with Crippen molar-refractivity contribution in [3.05, 3.63) is 54.4 Å². The first-order valence-electron chi connectivity index (χ1n) is 8.59. The molecule has 0 aliphatic rings. The van der Waals surface area contributed by atoms with Gasteiger partial charge in [0, 0.05) is 45.6 Å². The van der Waals surface area contributed by atoms with Crippen LogP contribution in [0.4, 0.5) is 0 Å². The van der Waals surface area contributed by atoms with E-state index in [0.29, 0.717) is 13.2 Å². The molecule has 0 radical (unpaired) electrons. The fourth-order valence-corrected chi connectivity index (χ4v) is 2.32. The number of hydrogen-bond acceptors (Lipinski definition) is 3. The Hall–Kier alpha value is -1.74. The first-order chi connectivity index (χ1) is 12.2. The summed E-state index contributed by atoms with van der Waals surface area (Å²) in [5.41, 5.74) is 1.16. The van der Waals surface area contributed by atoms with Crippen molar-refractivity contribution >= 4 is 29.9 Å². The van der Waals surface area contributed by atoms with Crippen LogP contribution in [-0.2, 0) is 13.1 Å². The highest BCUT2D eigenvalue weighted by molar-refractivity contribution is 14.0. The maximum absolute atomic E-state index is 5.78. The summed E-state index contributed by atoms with van der Waals surface area (Å²) in [6.07, 6.45) is 4.11. The molecule has 0 aliphatic carbocycles. The lowest BCUT2D eigenvalue weighted by Gasteiger charge is -2.14. The van der Waals surface area contributed by atoms with Crippen LogP contribution in [0.3, 0.4) is 0 Å². The summed E-state index contributed by atoms with van der Waals surface area (Å²) in [6, 6.07) is 12.2. The van der Waals surface area contributed by atoms with Gasteiger partial charge in [-0.3, -0.25) is 4.99 Å². The van der Waals surface area contributed by atoms with Crippen LogP contribution < -0.4 is 15.4 Å². The van der Waals surface area contributed by atoms with Gasteiger partial charge < -0.3 is 24.8 Å². The molecule has 2 aromatic rings. The van der Waals surface area contributed by atoms with Crippen LogP contribution >= 0.6 is 24.0 Å². The molecular weight excluding hydrogens is 441 g/mol. The summed E-state index contributed by atoms with van der Waals surface area (Å²) in [7, 11) is 5.86. The largest absolute Gasteiger partial charge is 0.492 e. The van der Waals surface area contributed by atoms with Gasteiger partial charge in [-0.15, -0.1) is 24.0 Å². The van der Waals surface area contributed by atoms with E-state index in [-0.39, 0.29) is 24.0 Å². The third-order valence-corrected chi connectivity index (χ3v) is 3.72. The Labute approximate surface area is 173 Å². The number of guanidine groups is 1. The fourth-order valence-electron chi connectivity index (χ4n) is 2.32. The Morgan fingerprint density at radius 3 is 2.62 bits per heavy atom. The van der Waals surface area contributed by atoms with E-state index >= 15 is 0 Å². The predicted molar refractivity (Wildman–Crippen MR) is 119 cm³/mol. The highest BCUT2D eigenvalue weighted by Gasteiger charge is 2.01. The zero-order valence-corrected chi connectivity index (χ0v) is 18.1. The number of nitrogens with one attached hydrogen (secondary N) is 2. The molecule has 2 rings (SSSR count). The zero-order valence-electron chi connectivity index (χ0n) is 15.8. The number of ether oxygens (including phenoxy) is 1. The molecule has 0 amide bonds. The van der Waals surface area contributed by atoms with Gasteiger partial charge in [-0.2, -0.15) is 0 Å². The summed E-state index contributed by atoms with van der Waals surface area (Å²) < 4.78 is 7.91. The van der Waals surface area contributed by atoms with E-state index < -0.39 is 0 Å². The van der Waals surface area contributed by atoms with Gasteiger partial charge in [0.25, 0.3) is 0 Å². The van der Waals surface area contributed by atoms with Crippen LogP contribution in [-0.4, -0.2) is 56.3 Å². The molecule has 0 saturated heterocycles. The lowest BCUT2D eigenvalue weighted by Crippen LogP contribution is -2.38. The van der Waals surface area contributed by atoms with Crippen molar-refractivity contribution in [1.82, 2.24) is 20.1 Å². The minimum atomic E-state index is 0. The maximum Gasteiger partial charge on any atom is 0.191 e. The maximum atomic E-state index is 5.78. The number of aliphatic imine (C=N–C) groups is 1. The molecule has 7 heteroatoms. The number of aromatic nitrogens is 1. The lowest BCUT2D eigenvalue weighted by atomic mass is 10.2. The van der Waals surface area contributed by atoms with E-state index in [1.807, 2.05) is 38.4 Å². The molecule has 1 heterocycles. The molecule has 0 atom stereocenters. The van der Waals surface area contributed by atoms with Crippen LogP contribution in [0.25, 0.3) is 0 Å². The average molecular weight is 471 g/mol. The predicted octanol–water partition coefficient (Wildman–Crippen LogP) is 2.41. The van der Waals surface area contributed by atoms with Crippen molar-refractivity contribution in [2.75, 3.05) is 40.8 Å². The fraction of sp³-hybridized carbons (Fsp3) is 0.421. The van der Waals surface area contributed by atoms with Crippen molar-refractivity contribution in [2.24, 2.45) is 4.99 Å². The van der Waals surface area contributed by atoms with Crippen LogP contribution in [0.5, 0.6) is 5.75 Å². The quantitative estimate of drug-likeness (QED) is 0.335. The number of nitrogens with zero attached hydrogens (tertiary/aromatic N) is 3. The summed E-state index contributed by atoms with van der Waals surface area (Å²) >= 11 is 0. The van der Waals surface area contributed by atoms with E-state index in [0.717, 1.165) is 36.9 Å². The monoisotopic (exact) mass is 471 g/mol. The molecule has 0 aliphatic heterocycles. The van der Waals surface area contributed by atoms with Crippen LogP contribution in [0, 0.1) is 0 Å². The molecule has 0 saturated carbocycles. The highest BCUT2D eigenvalue weighted by Crippen LogP contribution is 2.13.